The van der Waals surface area contributed by atoms with Crippen LogP contribution in [0.4, 0.5) is 0 Å². The first-order valence-electron chi connectivity index (χ1n) is 5.44. The maximum absolute atomic E-state index is 11.3. The number of pyridine rings is 1. The van der Waals surface area contributed by atoms with Gasteiger partial charge in [0.05, 0.1) is 6.61 Å². The van der Waals surface area contributed by atoms with E-state index in [1.54, 1.807) is 25.3 Å². The number of rotatable bonds is 2. The largest absolute Gasteiger partial charge is 0.461 e. The van der Waals surface area contributed by atoms with Gasteiger partial charge in [0, 0.05) is 17.7 Å². The summed E-state index contributed by atoms with van der Waals surface area (Å²) in [6.45, 7) is 2.14. The van der Waals surface area contributed by atoms with Crippen molar-refractivity contribution in [2.24, 2.45) is 5.92 Å². The smallest absolute Gasteiger partial charge is 0.356 e. The Labute approximate surface area is 94.8 Å². The van der Waals surface area contributed by atoms with Gasteiger partial charge in [-0.25, -0.2) is 9.78 Å². The normalized spacial score (nSPS) is 13.8. The highest BCUT2D eigenvalue weighted by molar-refractivity contribution is 5.87. The monoisotopic (exact) mass is 215 g/mol. The van der Waals surface area contributed by atoms with E-state index in [0.717, 1.165) is 5.56 Å². The highest BCUT2D eigenvalue weighted by Crippen LogP contribution is 2.27. The van der Waals surface area contributed by atoms with Crippen LogP contribution in [0.5, 0.6) is 0 Å². The SMILES string of the molecule is CCOC(=O)c1ccc(C#CC2CC2)cn1. The van der Waals surface area contributed by atoms with Crippen molar-refractivity contribution in [3.63, 3.8) is 0 Å². The second-order valence-electron chi connectivity index (χ2n) is 3.70. The first-order valence-corrected chi connectivity index (χ1v) is 5.44. The van der Waals surface area contributed by atoms with Gasteiger partial charge in [0.1, 0.15) is 5.69 Å². The van der Waals surface area contributed by atoms with Crippen molar-refractivity contribution in [2.75, 3.05) is 6.61 Å². The summed E-state index contributed by atoms with van der Waals surface area (Å²) in [5.41, 5.74) is 1.18. The number of carbonyl (C=O) groups excluding carboxylic acids is 1. The lowest BCUT2D eigenvalue weighted by molar-refractivity contribution is 0.0519. The molecular formula is C13H13NO2. The Morgan fingerprint density at radius 2 is 2.38 bits per heavy atom. The quantitative estimate of drug-likeness (QED) is 0.559. The second kappa shape index (κ2) is 4.80. The van der Waals surface area contributed by atoms with Crippen LogP contribution in [-0.4, -0.2) is 17.6 Å². The van der Waals surface area contributed by atoms with Crippen molar-refractivity contribution in [1.82, 2.24) is 4.98 Å². The molecule has 1 saturated carbocycles. The summed E-state index contributed by atoms with van der Waals surface area (Å²) in [5, 5.41) is 0. The number of ether oxygens (including phenoxy) is 1. The molecule has 0 unspecified atom stereocenters. The zero-order valence-corrected chi connectivity index (χ0v) is 9.19. The molecule has 0 aromatic carbocycles. The van der Waals surface area contributed by atoms with E-state index in [9.17, 15) is 4.79 Å². The summed E-state index contributed by atoms with van der Waals surface area (Å²) >= 11 is 0. The highest BCUT2D eigenvalue weighted by atomic mass is 16.5. The fraction of sp³-hybridized carbons (Fsp3) is 0.385. The summed E-state index contributed by atoms with van der Waals surface area (Å²) in [6, 6.07) is 3.45. The minimum Gasteiger partial charge on any atom is -0.461 e. The molecule has 0 bridgehead atoms. The van der Waals surface area contributed by atoms with Gasteiger partial charge >= 0.3 is 5.97 Å². The van der Waals surface area contributed by atoms with Crippen LogP contribution < -0.4 is 0 Å². The van der Waals surface area contributed by atoms with Crippen LogP contribution in [0.15, 0.2) is 18.3 Å². The van der Waals surface area contributed by atoms with E-state index < -0.39 is 0 Å². The van der Waals surface area contributed by atoms with Crippen molar-refractivity contribution in [3.8, 4) is 11.8 Å². The Morgan fingerprint density at radius 1 is 1.56 bits per heavy atom. The van der Waals surface area contributed by atoms with E-state index in [4.69, 9.17) is 4.74 Å². The Balaban J connectivity index is 2.04. The molecule has 3 heteroatoms. The molecule has 0 saturated heterocycles. The van der Waals surface area contributed by atoms with Gasteiger partial charge in [0.25, 0.3) is 0 Å². The van der Waals surface area contributed by atoms with Crippen LogP contribution in [0, 0.1) is 17.8 Å². The molecule has 1 aliphatic rings. The molecule has 82 valence electrons. The molecule has 0 amide bonds. The molecule has 2 rings (SSSR count). The second-order valence-corrected chi connectivity index (χ2v) is 3.70. The maximum atomic E-state index is 11.3. The summed E-state index contributed by atoms with van der Waals surface area (Å²) < 4.78 is 4.84. The van der Waals surface area contributed by atoms with E-state index in [0.29, 0.717) is 18.2 Å². The van der Waals surface area contributed by atoms with Crippen LogP contribution in [0.25, 0.3) is 0 Å². The predicted molar refractivity (Wildman–Crippen MR) is 59.8 cm³/mol. The Kier molecular flexibility index (Phi) is 3.21. The first kappa shape index (κ1) is 10.7. The summed E-state index contributed by atoms with van der Waals surface area (Å²) in [4.78, 5) is 15.3. The van der Waals surface area contributed by atoms with E-state index in [1.807, 2.05) is 0 Å². The lowest BCUT2D eigenvalue weighted by Gasteiger charge is -1.99. The lowest BCUT2D eigenvalue weighted by Crippen LogP contribution is -2.06. The molecule has 1 aromatic heterocycles. The van der Waals surface area contributed by atoms with Crippen molar-refractivity contribution >= 4 is 5.97 Å². The fourth-order valence-electron chi connectivity index (χ4n) is 1.21. The van der Waals surface area contributed by atoms with Crippen LogP contribution >= 0.6 is 0 Å². The number of hydrogen-bond acceptors (Lipinski definition) is 3. The molecule has 1 aromatic rings. The van der Waals surface area contributed by atoms with Gasteiger partial charge in [0.2, 0.25) is 0 Å². The standard InChI is InChI=1S/C13H13NO2/c1-2-16-13(15)12-8-7-11(9-14-12)6-5-10-3-4-10/h7-10H,2-4H2,1H3. The van der Waals surface area contributed by atoms with Gasteiger partial charge in [0.15, 0.2) is 0 Å². The van der Waals surface area contributed by atoms with Gasteiger partial charge in [-0.15, -0.1) is 0 Å². The summed E-state index contributed by atoms with van der Waals surface area (Å²) in [5.74, 6) is 6.37. The first-order chi connectivity index (χ1) is 7.79. The minimum absolute atomic E-state index is 0.332. The number of nitrogens with zero attached hydrogens (tertiary/aromatic N) is 1. The van der Waals surface area contributed by atoms with Crippen LogP contribution in [0.3, 0.4) is 0 Å². The third kappa shape index (κ3) is 2.83. The molecule has 0 radical (unpaired) electrons. The maximum Gasteiger partial charge on any atom is 0.356 e. The zero-order chi connectivity index (χ0) is 11.4. The van der Waals surface area contributed by atoms with Crippen molar-refractivity contribution in [2.45, 2.75) is 19.8 Å². The average molecular weight is 215 g/mol. The van der Waals surface area contributed by atoms with Crippen LogP contribution in [0.1, 0.15) is 35.8 Å². The fourth-order valence-corrected chi connectivity index (χ4v) is 1.21. The van der Waals surface area contributed by atoms with Crippen molar-refractivity contribution < 1.29 is 9.53 Å². The molecule has 16 heavy (non-hydrogen) atoms. The highest BCUT2D eigenvalue weighted by Gasteiger charge is 2.17. The molecule has 1 heterocycles. The number of aromatic nitrogens is 1. The Bertz CT molecular complexity index is 435. The molecule has 1 aliphatic carbocycles. The Morgan fingerprint density at radius 3 is 2.94 bits per heavy atom. The number of esters is 1. The molecule has 0 aliphatic heterocycles. The topological polar surface area (TPSA) is 39.2 Å². The molecule has 0 N–H and O–H groups in total. The van der Waals surface area contributed by atoms with Gasteiger partial charge in [-0.2, -0.15) is 0 Å². The van der Waals surface area contributed by atoms with E-state index in [2.05, 4.69) is 16.8 Å². The lowest BCUT2D eigenvalue weighted by atomic mass is 10.2. The van der Waals surface area contributed by atoms with Gasteiger partial charge in [-0.1, -0.05) is 11.8 Å². The molecule has 0 atom stereocenters. The van der Waals surface area contributed by atoms with Crippen molar-refractivity contribution in [1.29, 1.82) is 0 Å². The van der Waals surface area contributed by atoms with Crippen molar-refractivity contribution in [3.05, 3.63) is 29.6 Å². The van der Waals surface area contributed by atoms with Crippen LogP contribution in [0.2, 0.25) is 0 Å². The van der Waals surface area contributed by atoms with E-state index in [1.165, 1.54) is 12.8 Å². The summed E-state index contributed by atoms with van der Waals surface area (Å²) in [7, 11) is 0. The molecular weight excluding hydrogens is 202 g/mol. The Hall–Kier alpha value is -1.82. The zero-order valence-electron chi connectivity index (χ0n) is 9.19. The molecule has 0 spiro atoms. The van der Waals surface area contributed by atoms with Crippen LogP contribution in [-0.2, 0) is 4.74 Å². The minimum atomic E-state index is -0.385. The van der Waals surface area contributed by atoms with E-state index in [-0.39, 0.29) is 5.97 Å². The predicted octanol–water partition coefficient (Wildman–Crippen LogP) is 2.02. The third-order valence-electron chi connectivity index (χ3n) is 2.25. The average Bonchev–Trinajstić information content (AvgIpc) is 3.11. The third-order valence-corrected chi connectivity index (χ3v) is 2.25. The summed E-state index contributed by atoms with van der Waals surface area (Å²) in [6.07, 6.45) is 4.03. The van der Waals surface area contributed by atoms with Gasteiger partial charge < -0.3 is 4.74 Å². The molecule has 3 nitrogen and oxygen atoms in total. The van der Waals surface area contributed by atoms with E-state index >= 15 is 0 Å². The molecule has 1 fully saturated rings. The number of carbonyl (C=O) groups is 1. The number of hydrogen-bond donors (Lipinski definition) is 0. The van der Waals surface area contributed by atoms with Gasteiger partial charge in [-0.3, -0.25) is 0 Å². The van der Waals surface area contributed by atoms with Gasteiger partial charge in [-0.05, 0) is 31.9 Å².